The van der Waals surface area contributed by atoms with E-state index in [1.54, 1.807) is 13.8 Å². The lowest BCUT2D eigenvalue weighted by atomic mass is 9.81. The van der Waals surface area contributed by atoms with Crippen molar-refractivity contribution in [1.29, 1.82) is 0 Å². The lowest BCUT2D eigenvalue weighted by Crippen LogP contribution is -2.60. The molecule has 2 saturated carbocycles. The summed E-state index contributed by atoms with van der Waals surface area (Å²) in [6.45, 7) is 7.92. The Morgan fingerprint density at radius 1 is 0.774 bits per heavy atom. The maximum atomic E-state index is 13.3. The van der Waals surface area contributed by atoms with Gasteiger partial charge in [-0.2, -0.15) is 0 Å². The molecular weight excluding hydrogens is 824 g/mol. The highest BCUT2D eigenvalue weighted by Crippen LogP contribution is 2.50. The zero-order chi connectivity index (χ0) is 45.2. The summed E-state index contributed by atoms with van der Waals surface area (Å²) in [6, 6.07) is 0. The maximum Gasteiger partial charge on any atom is 0.342 e. The monoisotopic (exact) mass is 884 g/mol. The predicted octanol–water partition coefficient (Wildman–Crippen LogP) is -1.46. The fourth-order valence-corrected chi connectivity index (χ4v) is 8.96. The molecule has 4 aliphatic heterocycles. The van der Waals surface area contributed by atoms with Gasteiger partial charge in [0, 0.05) is 18.3 Å². The van der Waals surface area contributed by atoms with Gasteiger partial charge in [0.15, 0.2) is 12.6 Å². The summed E-state index contributed by atoms with van der Waals surface area (Å²) in [6.07, 6.45) is -10.7. The van der Waals surface area contributed by atoms with Crippen LogP contribution >= 0.6 is 0 Å². The molecule has 20 nitrogen and oxygen atoms in total. The SMILES string of the molecule is C=C1[C@H]2[C@H](O[C@H]3O[C@@H](CO)[C@H](O)[C@@H](O)[C@@H]3O)OC=C(C(=O)OCC/C(C)=C/CC/C(C)=C\OC(=O)C3=CO[C@H](O[C@H]4O[C@@H](CO)[C@H](O)[C@@H](O)[C@@H]4O)[C@H]4[C@@H]3CC[C@]4(C)O)[C@H]2C[C@H]1O. The molecule has 62 heavy (non-hydrogen) atoms. The van der Waals surface area contributed by atoms with Gasteiger partial charge in [0.1, 0.15) is 48.8 Å². The summed E-state index contributed by atoms with van der Waals surface area (Å²) in [5, 5.41) is 102. The lowest BCUT2D eigenvalue weighted by molar-refractivity contribution is -0.346. The summed E-state index contributed by atoms with van der Waals surface area (Å²) < 4.78 is 45.0. The third-order valence-corrected chi connectivity index (χ3v) is 12.8. The molecule has 2 aliphatic carbocycles. The van der Waals surface area contributed by atoms with E-state index in [2.05, 4.69) is 6.58 Å². The van der Waals surface area contributed by atoms with Crippen LogP contribution < -0.4 is 0 Å². The Labute approximate surface area is 357 Å². The maximum absolute atomic E-state index is 13.3. The Bertz CT molecular complexity index is 1740. The fourth-order valence-electron chi connectivity index (χ4n) is 8.96. The summed E-state index contributed by atoms with van der Waals surface area (Å²) in [7, 11) is 0. The molecule has 0 aromatic heterocycles. The van der Waals surface area contributed by atoms with E-state index < -0.39 is 135 Å². The van der Waals surface area contributed by atoms with Crippen molar-refractivity contribution in [2.24, 2.45) is 23.7 Å². The topological polar surface area (TPSA) is 310 Å². The minimum Gasteiger partial charge on any atom is -0.471 e. The van der Waals surface area contributed by atoms with Gasteiger partial charge in [-0.05, 0) is 64.0 Å². The smallest absolute Gasteiger partial charge is 0.342 e. The number of aliphatic hydroxyl groups is 10. The van der Waals surface area contributed by atoms with Crippen molar-refractivity contribution in [1.82, 2.24) is 0 Å². The van der Waals surface area contributed by atoms with Gasteiger partial charge in [0.05, 0.1) is 73.3 Å². The summed E-state index contributed by atoms with van der Waals surface area (Å²) in [5.74, 6) is -4.04. The molecule has 0 unspecified atom stereocenters. The second kappa shape index (κ2) is 20.2. The van der Waals surface area contributed by atoms with E-state index in [-0.39, 0.29) is 24.2 Å². The molecule has 0 amide bonds. The van der Waals surface area contributed by atoms with Crippen LogP contribution in [0.3, 0.4) is 0 Å². The quantitative estimate of drug-likeness (QED) is 0.0510. The van der Waals surface area contributed by atoms with Gasteiger partial charge >= 0.3 is 11.9 Å². The van der Waals surface area contributed by atoms with E-state index in [0.717, 1.165) is 11.1 Å². The largest absolute Gasteiger partial charge is 0.471 e. The van der Waals surface area contributed by atoms with Crippen LogP contribution in [0.25, 0.3) is 0 Å². The van der Waals surface area contributed by atoms with E-state index in [1.165, 1.54) is 18.8 Å². The van der Waals surface area contributed by atoms with Crippen LogP contribution in [0.5, 0.6) is 0 Å². The van der Waals surface area contributed by atoms with E-state index in [1.807, 2.05) is 13.0 Å². The molecule has 0 bridgehead atoms. The van der Waals surface area contributed by atoms with E-state index in [9.17, 15) is 60.7 Å². The van der Waals surface area contributed by atoms with Crippen molar-refractivity contribution in [3.63, 3.8) is 0 Å². The molecule has 2 saturated heterocycles. The number of fused-ring (bicyclic) bond motifs is 2. The van der Waals surface area contributed by atoms with Gasteiger partial charge < -0.3 is 89.0 Å². The molecule has 0 aromatic carbocycles. The number of esters is 2. The van der Waals surface area contributed by atoms with Gasteiger partial charge in [-0.1, -0.05) is 18.2 Å². The third-order valence-electron chi connectivity index (χ3n) is 12.8. The van der Waals surface area contributed by atoms with Crippen LogP contribution in [0.1, 0.15) is 59.3 Å². The summed E-state index contributed by atoms with van der Waals surface area (Å²) >= 11 is 0. The minimum absolute atomic E-state index is 0.0390. The van der Waals surface area contributed by atoms with Gasteiger partial charge in [-0.25, -0.2) is 9.59 Å². The van der Waals surface area contributed by atoms with E-state index in [0.29, 0.717) is 37.7 Å². The molecule has 18 atom stereocenters. The zero-order valence-corrected chi connectivity index (χ0v) is 34.8. The first kappa shape index (κ1) is 48.1. The first-order valence-electron chi connectivity index (χ1n) is 20.8. The lowest BCUT2D eigenvalue weighted by Gasteiger charge is -2.44. The highest BCUT2D eigenvalue weighted by molar-refractivity contribution is 5.90. The van der Waals surface area contributed by atoms with Crippen LogP contribution in [-0.4, -0.2) is 169 Å². The normalized spacial score (nSPS) is 42.2. The van der Waals surface area contributed by atoms with Crippen LogP contribution in [0.4, 0.5) is 0 Å². The average Bonchev–Trinajstić information content (AvgIpc) is 3.73. The second-order valence-corrected chi connectivity index (χ2v) is 17.2. The number of rotatable bonds is 15. The van der Waals surface area contributed by atoms with Gasteiger partial charge in [0.2, 0.25) is 12.6 Å². The van der Waals surface area contributed by atoms with Crippen LogP contribution in [0.2, 0.25) is 0 Å². The van der Waals surface area contributed by atoms with Gasteiger partial charge in [-0.3, -0.25) is 0 Å². The van der Waals surface area contributed by atoms with Crippen LogP contribution in [0, 0.1) is 23.7 Å². The molecule has 10 N–H and O–H groups in total. The first-order valence-corrected chi connectivity index (χ1v) is 20.8. The van der Waals surface area contributed by atoms with Gasteiger partial charge in [-0.15, -0.1) is 0 Å². The Morgan fingerprint density at radius 2 is 1.34 bits per heavy atom. The van der Waals surface area contributed by atoms with E-state index >= 15 is 0 Å². The van der Waals surface area contributed by atoms with Crippen molar-refractivity contribution in [3.8, 4) is 0 Å². The average molecular weight is 885 g/mol. The molecule has 0 aromatic rings. The van der Waals surface area contributed by atoms with E-state index in [4.69, 9.17) is 37.9 Å². The second-order valence-electron chi connectivity index (χ2n) is 17.2. The molecule has 4 fully saturated rings. The number of hydrogen-bond donors (Lipinski definition) is 10. The number of hydrogen-bond acceptors (Lipinski definition) is 20. The third kappa shape index (κ3) is 10.1. The summed E-state index contributed by atoms with van der Waals surface area (Å²) in [4.78, 5) is 26.5. The molecule has 6 aliphatic rings. The molecule has 4 heterocycles. The Balaban J connectivity index is 0.965. The molecule has 0 radical (unpaired) electrons. The Hall–Kier alpha value is -3.32. The number of ether oxygens (including phenoxy) is 8. The Morgan fingerprint density at radius 3 is 1.94 bits per heavy atom. The first-order chi connectivity index (χ1) is 29.4. The number of allylic oxidation sites excluding steroid dienone is 2. The fraction of sp³-hybridized carbons (Fsp3) is 0.714. The highest BCUT2D eigenvalue weighted by atomic mass is 16.8. The number of carbonyl (C=O) groups is 2. The van der Waals surface area contributed by atoms with Crippen molar-refractivity contribution in [2.75, 3.05) is 19.8 Å². The predicted molar refractivity (Wildman–Crippen MR) is 208 cm³/mol. The number of aliphatic hydroxyl groups excluding tert-OH is 9. The van der Waals surface area contributed by atoms with Crippen molar-refractivity contribution >= 4 is 11.9 Å². The molecule has 6 rings (SSSR count). The molecule has 0 spiro atoms. The molecular formula is C42H60O20. The van der Waals surface area contributed by atoms with Crippen molar-refractivity contribution in [3.05, 3.63) is 59.3 Å². The number of carbonyl (C=O) groups excluding carboxylic acids is 2. The molecule has 20 heteroatoms. The zero-order valence-electron chi connectivity index (χ0n) is 34.8. The van der Waals surface area contributed by atoms with Crippen LogP contribution in [0.15, 0.2) is 59.3 Å². The molecule has 348 valence electrons. The minimum atomic E-state index is -1.68. The highest BCUT2D eigenvalue weighted by Gasteiger charge is 2.56. The Kier molecular flexibility index (Phi) is 15.7. The van der Waals surface area contributed by atoms with Crippen LogP contribution in [-0.2, 0) is 47.5 Å². The standard InChI is InChI=1S/C42H60O20/c1-18(9-11-55-36(52)24-17-57-38(28-20(3)25(45)12-22(24)28)61-40-34(50)32(48)30(46)26(13-43)59-40)6-5-7-19(2)15-56-37(53)23-16-58-39(29-21(23)8-10-42(29,4)54)62-41-35(51)33(49)31(47)27(14-44)60-41/h6,15-17,21-22,25-35,38-41,43-51,54H,3,5,7-14H2,1-2,4H3/b18-6+,19-15-/t21-,22-,25-,26+,27+,28-,29-,30+,31+,32-,33-,34+,35+,38+,39-,40-,41-,42+/m1/s1. The van der Waals surface area contributed by atoms with Crippen molar-refractivity contribution in [2.45, 2.75) is 145 Å². The van der Waals surface area contributed by atoms with Gasteiger partial charge in [0.25, 0.3) is 0 Å². The van der Waals surface area contributed by atoms with Crippen molar-refractivity contribution < 1.29 is 98.5 Å². The summed E-state index contributed by atoms with van der Waals surface area (Å²) in [5.41, 5.74) is 0.989.